The van der Waals surface area contributed by atoms with Crippen molar-refractivity contribution in [2.24, 2.45) is 0 Å². The average molecular weight is 344 g/mol. The molecule has 1 unspecified atom stereocenters. The van der Waals surface area contributed by atoms with Crippen LogP contribution in [-0.4, -0.2) is 13.2 Å². The van der Waals surface area contributed by atoms with Gasteiger partial charge in [0.1, 0.15) is 13.2 Å². The Morgan fingerprint density at radius 3 is 2.24 bits per heavy atom. The molecule has 1 aliphatic rings. The van der Waals surface area contributed by atoms with Gasteiger partial charge < -0.3 is 9.47 Å². The van der Waals surface area contributed by atoms with Gasteiger partial charge in [0.05, 0.1) is 5.38 Å². The zero-order valence-electron chi connectivity index (χ0n) is 11.1. The molecule has 0 saturated heterocycles. The summed E-state index contributed by atoms with van der Waals surface area (Å²) in [5, 5.41) is 1.06. The van der Waals surface area contributed by atoms with Crippen LogP contribution in [0, 0.1) is 0 Å². The summed E-state index contributed by atoms with van der Waals surface area (Å²) < 4.78 is 11.1. The summed E-state index contributed by atoms with van der Waals surface area (Å²) >= 11 is 18.7. The lowest BCUT2D eigenvalue weighted by Crippen LogP contribution is -2.15. The summed E-state index contributed by atoms with van der Waals surface area (Å²) in [6.45, 7) is 1.08. The molecule has 1 atom stereocenters. The fourth-order valence-corrected chi connectivity index (χ4v) is 3.08. The fraction of sp³-hybridized carbons (Fsp3) is 0.250. The number of fused-ring (bicyclic) bond motifs is 1. The number of rotatable bonds is 3. The lowest BCUT2D eigenvalue weighted by atomic mass is 10.0. The molecule has 2 aromatic carbocycles. The standard InChI is InChI=1S/C16H13Cl3O2/c17-11-3-1-10(2-4-11)7-13(18)12-8-15-16(9-14(12)19)21-6-5-20-15/h1-4,8-9,13H,5-7H2. The van der Waals surface area contributed by atoms with Crippen LogP contribution in [-0.2, 0) is 6.42 Å². The minimum Gasteiger partial charge on any atom is -0.486 e. The van der Waals surface area contributed by atoms with Gasteiger partial charge in [0.2, 0.25) is 0 Å². The molecule has 1 aliphatic heterocycles. The number of benzene rings is 2. The van der Waals surface area contributed by atoms with Gasteiger partial charge in [-0.1, -0.05) is 35.3 Å². The number of hydrogen-bond donors (Lipinski definition) is 0. The molecule has 1 heterocycles. The summed E-state index contributed by atoms with van der Waals surface area (Å²) in [6.07, 6.45) is 0.665. The molecule has 0 N–H and O–H groups in total. The van der Waals surface area contributed by atoms with E-state index in [2.05, 4.69) is 0 Å². The number of alkyl halides is 1. The first-order valence-electron chi connectivity index (χ1n) is 6.61. The van der Waals surface area contributed by atoms with Gasteiger partial charge in [-0.05, 0) is 35.7 Å². The molecular weight excluding hydrogens is 331 g/mol. The van der Waals surface area contributed by atoms with Gasteiger partial charge in [-0.15, -0.1) is 11.6 Å². The maximum Gasteiger partial charge on any atom is 0.162 e. The Hall–Kier alpha value is -1.09. The molecule has 2 aromatic rings. The van der Waals surface area contributed by atoms with Gasteiger partial charge in [-0.2, -0.15) is 0 Å². The minimum absolute atomic E-state index is 0.241. The molecule has 21 heavy (non-hydrogen) atoms. The van der Waals surface area contributed by atoms with E-state index in [0.717, 1.165) is 11.1 Å². The largest absolute Gasteiger partial charge is 0.486 e. The molecule has 3 rings (SSSR count). The van der Waals surface area contributed by atoms with E-state index < -0.39 is 0 Å². The zero-order valence-corrected chi connectivity index (χ0v) is 13.4. The zero-order chi connectivity index (χ0) is 14.8. The van der Waals surface area contributed by atoms with Crippen molar-refractivity contribution < 1.29 is 9.47 Å². The molecule has 0 fully saturated rings. The van der Waals surface area contributed by atoms with Crippen LogP contribution in [0.15, 0.2) is 36.4 Å². The first-order chi connectivity index (χ1) is 10.1. The van der Waals surface area contributed by atoms with Crippen molar-refractivity contribution in [3.8, 4) is 11.5 Å². The lowest BCUT2D eigenvalue weighted by Gasteiger charge is -2.21. The van der Waals surface area contributed by atoms with Crippen LogP contribution in [0.1, 0.15) is 16.5 Å². The number of ether oxygens (including phenoxy) is 2. The third-order valence-corrected chi connectivity index (χ3v) is 4.30. The first kappa shape index (κ1) is 14.8. The molecule has 0 saturated carbocycles. The van der Waals surface area contributed by atoms with Crippen LogP contribution in [0.4, 0.5) is 0 Å². The Morgan fingerprint density at radius 2 is 1.57 bits per heavy atom. The molecule has 0 amide bonds. The van der Waals surface area contributed by atoms with Crippen LogP contribution < -0.4 is 9.47 Å². The van der Waals surface area contributed by atoms with Crippen LogP contribution in [0.2, 0.25) is 10.0 Å². The number of hydrogen-bond acceptors (Lipinski definition) is 2. The smallest absolute Gasteiger partial charge is 0.162 e. The second-order valence-corrected chi connectivity index (χ2v) is 6.19. The topological polar surface area (TPSA) is 18.5 Å². The second-order valence-electron chi connectivity index (χ2n) is 4.82. The third-order valence-electron chi connectivity index (χ3n) is 3.33. The first-order valence-corrected chi connectivity index (χ1v) is 7.80. The van der Waals surface area contributed by atoms with Crippen LogP contribution in [0.3, 0.4) is 0 Å². The molecule has 0 aliphatic carbocycles. The fourth-order valence-electron chi connectivity index (χ4n) is 2.26. The molecule has 2 nitrogen and oxygen atoms in total. The highest BCUT2D eigenvalue weighted by atomic mass is 35.5. The molecule has 0 aromatic heterocycles. The van der Waals surface area contributed by atoms with Crippen LogP contribution in [0.25, 0.3) is 0 Å². The van der Waals surface area contributed by atoms with E-state index in [0.29, 0.717) is 41.2 Å². The SMILES string of the molecule is Clc1ccc(CC(Cl)c2cc3c(cc2Cl)OCCO3)cc1. The highest BCUT2D eigenvalue weighted by molar-refractivity contribution is 6.33. The van der Waals surface area contributed by atoms with E-state index in [4.69, 9.17) is 44.3 Å². The van der Waals surface area contributed by atoms with E-state index in [9.17, 15) is 0 Å². The summed E-state index contributed by atoms with van der Waals surface area (Å²) in [6, 6.07) is 11.3. The Bertz CT molecular complexity index is 641. The van der Waals surface area contributed by atoms with E-state index in [-0.39, 0.29) is 5.38 Å². The van der Waals surface area contributed by atoms with E-state index in [1.165, 1.54) is 0 Å². The maximum atomic E-state index is 6.51. The number of halogens is 3. The minimum atomic E-state index is -0.241. The van der Waals surface area contributed by atoms with Crippen molar-refractivity contribution in [1.29, 1.82) is 0 Å². The Morgan fingerprint density at radius 1 is 0.952 bits per heavy atom. The van der Waals surface area contributed by atoms with E-state index in [1.54, 1.807) is 6.07 Å². The van der Waals surface area contributed by atoms with Gasteiger partial charge in [0.25, 0.3) is 0 Å². The van der Waals surface area contributed by atoms with Crippen LogP contribution in [0.5, 0.6) is 11.5 Å². The van der Waals surface area contributed by atoms with Crippen molar-refractivity contribution in [2.75, 3.05) is 13.2 Å². The lowest BCUT2D eigenvalue weighted by molar-refractivity contribution is 0.171. The molecule has 0 radical (unpaired) electrons. The van der Waals surface area contributed by atoms with Gasteiger partial charge in [0, 0.05) is 16.1 Å². The third kappa shape index (κ3) is 3.39. The molecular formula is C16H13Cl3O2. The highest BCUT2D eigenvalue weighted by Crippen LogP contribution is 2.40. The average Bonchev–Trinajstić information content (AvgIpc) is 2.49. The molecule has 0 bridgehead atoms. The summed E-state index contributed by atoms with van der Waals surface area (Å²) in [7, 11) is 0. The van der Waals surface area contributed by atoms with Crippen LogP contribution >= 0.6 is 34.8 Å². The van der Waals surface area contributed by atoms with Gasteiger partial charge in [-0.3, -0.25) is 0 Å². The highest BCUT2D eigenvalue weighted by Gasteiger charge is 2.19. The van der Waals surface area contributed by atoms with Crippen molar-refractivity contribution in [3.63, 3.8) is 0 Å². The Balaban J connectivity index is 1.83. The predicted molar refractivity (Wildman–Crippen MR) is 86.2 cm³/mol. The van der Waals surface area contributed by atoms with Gasteiger partial charge in [-0.25, -0.2) is 0 Å². The Labute approximate surface area is 138 Å². The van der Waals surface area contributed by atoms with Crippen molar-refractivity contribution in [2.45, 2.75) is 11.8 Å². The normalized spacial score (nSPS) is 14.8. The summed E-state index contributed by atoms with van der Waals surface area (Å²) in [5.41, 5.74) is 1.95. The second kappa shape index (κ2) is 6.35. The quantitative estimate of drug-likeness (QED) is 0.705. The predicted octanol–water partition coefficient (Wildman–Crippen LogP) is 5.29. The van der Waals surface area contributed by atoms with Crippen molar-refractivity contribution >= 4 is 34.8 Å². The molecule has 0 spiro atoms. The van der Waals surface area contributed by atoms with Crippen molar-refractivity contribution in [1.82, 2.24) is 0 Å². The van der Waals surface area contributed by atoms with E-state index >= 15 is 0 Å². The Kier molecular flexibility index (Phi) is 4.48. The summed E-state index contributed by atoms with van der Waals surface area (Å²) in [4.78, 5) is 0. The summed E-state index contributed by atoms with van der Waals surface area (Å²) in [5.74, 6) is 1.37. The van der Waals surface area contributed by atoms with Gasteiger partial charge in [0.15, 0.2) is 11.5 Å². The van der Waals surface area contributed by atoms with Crippen molar-refractivity contribution in [3.05, 3.63) is 57.6 Å². The van der Waals surface area contributed by atoms with E-state index in [1.807, 2.05) is 30.3 Å². The maximum absolute atomic E-state index is 6.51. The monoisotopic (exact) mass is 342 g/mol. The molecule has 5 heteroatoms. The molecule has 110 valence electrons. The van der Waals surface area contributed by atoms with Gasteiger partial charge >= 0.3 is 0 Å².